The van der Waals surface area contributed by atoms with E-state index in [1.54, 1.807) is 0 Å². The SMILES string of the molecule is CCNC(CS(=O)c1ccccc1)C(C)CC. The molecule has 1 aromatic rings. The van der Waals surface area contributed by atoms with Gasteiger partial charge in [0.25, 0.3) is 0 Å². The van der Waals surface area contributed by atoms with Crippen molar-refractivity contribution in [3.8, 4) is 0 Å². The molecule has 2 nitrogen and oxygen atoms in total. The summed E-state index contributed by atoms with van der Waals surface area (Å²) in [4.78, 5) is 0.929. The van der Waals surface area contributed by atoms with E-state index in [2.05, 4.69) is 26.1 Å². The monoisotopic (exact) mass is 253 g/mol. The van der Waals surface area contributed by atoms with E-state index in [1.807, 2.05) is 30.3 Å². The van der Waals surface area contributed by atoms with Crippen molar-refractivity contribution in [2.75, 3.05) is 12.3 Å². The van der Waals surface area contributed by atoms with E-state index in [-0.39, 0.29) is 0 Å². The number of benzene rings is 1. The smallest absolute Gasteiger partial charge is 0.0545 e. The molecule has 0 radical (unpaired) electrons. The molecule has 96 valence electrons. The second kappa shape index (κ2) is 7.62. The molecule has 0 saturated heterocycles. The molecule has 0 heterocycles. The summed E-state index contributed by atoms with van der Waals surface area (Å²) < 4.78 is 12.2. The van der Waals surface area contributed by atoms with Gasteiger partial charge >= 0.3 is 0 Å². The minimum Gasteiger partial charge on any atom is -0.313 e. The molecule has 0 aliphatic heterocycles. The van der Waals surface area contributed by atoms with Crippen molar-refractivity contribution in [1.82, 2.24) is 5.32 Å². The third-order valence-corrected chi connectivity index (χ3v) is 4.59. The Kier molecular flexibility index (Phi) is 6.45. The van der Waals surface area contributed by atoms with Crippen molar-refractivity contribution < 1.29 is 4.21 Å². The van der Waals surface area contributed by atoms with Crippen LogP contribution in [-0.4, -0.2) is 22.5 Å². The van der Waals surface area contributed by atoms with Crippen LogP contribution in [0.4, 0.5) is 0 Å². The molecule has 1 rings (SSSR count). The van der Waals surface area contributed by atoms with Gasteiger partial charge in [-0.05, 0) is 24.6 Å². The topological polar surface area (TPSA) is 29.1 Å². The van der Waals surface area contributed by atoms with Gasteiger partial charge in [-0.1, -0.05) is 45.4 Å². The van der Waals surface area contributed by atoms with Gasteiger partial charge in [0.1, 0.15) is 0 Å². The highest BCUT2D eigenvalue weighted by molar-refractivity contribution is 7.85. The van der Waals surface area contributed by atoms with Gasteiger partial charge < -0.3 is 5.32 Å². The van der Waals surface area contributed by atoms with Crippen LogP contribution in [0.25, 0.3) is 0 Å². The molecule has 0 aliphatic rings. The zero-order valence-electron chi connectivity index (χ0n) is 11.0. The van der Waals surface area contributed by atoms with Gasteiger partial charge in [-0.2, -0.15) is 0 Å². The first-order chi connectivity index (χ1) is 8.19. The predicted molar refractivity (Wildman–Crippen MR) is 74.6 cm³/mol. The lowest BCUT2D eigenvalue weighted by Gasteiger charge is -2.23. The highest BCUT2D eigenvalue weighted by Crippen LogP contribution is 2.13. The Balaban J connectivity index is 2.64. The fourth-order valence-corrected chi connectivity index (χ4v) is 3.23. The average molecular weight is 253 g/mol. The first-order valence-electron chi connectivity index (χ1n) is 6.35. The van der Waals surface area contributed by atoms with Gasteiger partial charge in [-0.25, -0.2) is 0 Å². The van der Waals surface area contributed by atoms with E-state index >= 15 is 0 Å². The van der Waals surface area contributed by atoms with E-state index < -0.39 is 10.8 Å². The Bertz CT molecular complexity index is 339. The zero-order chi connectivity index (χ0) is 12.7. The van der Waals surface area contributed by atoms with Crippen LogP contribution in [0.2, 0.25) is 0 Å². The number of hydrogen-bond acceptors (Lipinski definition) is 2. The summed E-state index contributed by atoms with van der Waals surface area (Å²) in [7, 11) is -0.900. The third-order valence-electron chi connectivity index (χ3n) is 3.13. The van der Waals surface area contributed by atoms with Crippen molar-refractivity contribution >= 4 is 10.8 Å². The normalized spacial score (nSPS) is 16.4. The quantitative estimate of drug-likeness (QED) is 0.809. The summed E-state index contributed by atoms with van der Waals surface area (Å²) in [6.07, 6.45) is 1.11. The van der Waals surface area contributed by atoms with E-state index in [0.29, 0.717) is 17.7 Å². The number of rotatable bonds is 7. The largest absolute Gasteiger partial charge is 0.313 e. The molecule has 0 bridgehead atoms. The van der Waals surface area contributed by atoms with Gasteiger partial charge in [-0.15, -0.1) is 0 Å². The lowest BCUT2D eigenvalue weighted by Crippen LogP contribution is -2.39. The molecule has 0 aliphatic carbocycles. The molecule has 0 amide bonds. The summed E-state index contributed by atoms with van der Waals surface area (Å²) in [5, 5.41) is 3.44. The highest BCUT2D eigenvalue weighted by atomic mass is 32.2. The predicted octanol–water partition coefficient (Wildman–Crippen LogP) is 2.82. The van der Waals surface area contributed by atoms with Crippen molar-refractivity contribution in [1.29, 1.82) is 0 Å². The Morgan fingerprint density at radius 3 is 2.41 bits per heavy atom. The van der Waals surface area contributed by atoms with Crippen LogP contribution < -0.4 is 5.32 Å². The summed E-state index contributed by atoms with van der Waals surface area (Å²) in [5.41, 5.74) is 0. The number of nitrogens with one attached hydrogen (secondary N) is 1. The molecule has 0 aromatic heterocycles. The van der Waals surface area contributed by atoms with Crippen molar-refractivity contribution in [2.24, 2.45) is 5.92 Å². The fraction of sp³-hybridized carbons (Fsp3) is 0.571. The van der Waals surface area contributed by atoms with E-state index in [0.717, 1.165) is 17.9 Å². The molecule has 0 fully saturated rings. The molecule has 0 spiro atoms. The molecule has 3 heteroatoms. The Hall–Kier alpha value is -0.670. The van der Waals surface area contributed by atoms with E-state index in [1.165, 1.54) is 0 Å². The van der Waals surface area contributed by atoms with Gasteiger partial charge in [0, 0.05) is 16.7 Å². The molecule has 17 heavy (non-hydrogen) atoms. The molecule has 3 atom stereocenters. The van der Waals surface area contributed by atoms with Gasteiger partial charge in [0.15, 0.2) is 0 Å². The maximum atomic E-state index is 12.2. The van der Waals surface area contributed by atoms with Gasteiger partial charge in [0.2, 0.25) is 0 Å². The summed E-state index contributed by atoms with van der Waals surface area (Å²) >= 11 is 0. The first kappa shape index (κ1) is 14.4. The van der Waals surface area contributed by atoms with Crippen LogP contribution in [-0.2, 0) is 10.8 Å². The highest BCUT2D eigenvalue weighted by Gasteiger charge is 2.18. The van der Waals surface area contributed by atoms with Gasteiger partial charge in [0.05, 0.1) is 10.8 Å². The summed E-state index contributed by atoms with van der Waals surface area (Å²) in [6.45, 7) is 7.43. The second-order valence-corrected chi connectivity index (χ2v) is 5.87. The van der Waals surface area contributed by atoms with Crippen LogP contribution in [0.5, 0.6) is 0 Å². The van der Waals surface area contributed by atoms with Crippen molar-refractivity contribution in [3.63, 3.8) is 0 Å². The number of hydrogen-bond donors (Lipinski definition) is 1. The fourth-order valence-electron chi connectivity index (χ4n) is 1.80. The molecule has 3 unspecified atom stereocenters. The van der Waals surface area contributed by atoms with Crippen LogP contribution in [0.3, 0.4) is 0 Å². The Labute approximate surface area is 107 Å². The maximum Gasteiger partial charge on any atom is 0.0545 e. The lowest BCUT2D eigenvalue weighted by atomic mass is 10.0. The molecule has 1 aromatic carbocycles. The summed E-state index contributed by atoms with van der Waals surface area (Å²) in [6, 6.07) is 10.1. The standard InChI is InChI=1S/C14H23NOS/c1-4-12(3)14(15-5-2)11-17(16)13-9-7-6-8-10-13/h6-10,12,14-15H,4-5,11H2,1-3H3. The zero-order valence-corrected chi connectivity index (χ0v) is 11.8. The minimum atomic E-state index is -0.900. The Morgan fingerprint density at radius 1 is 1.24 bits per heavy atom. The summed E-state index contributed by atoms with van der Waals surface area (Å²) in [5.74, 6) is 1.26. The maximum absolute atomic E-state index is 12.2. The van der Waals surface area contributed by atoms with E-state index in [4.69, 9.17) is 0 Å². The minimum absolute atomic E-state index is 0.339. The van der Waals surface area contributed by atoms with Crippen LogP contribution >= 0.6 is 0 Å². The van der Waals surface area contributed by atoms with E-state index in [9.17, 15) is 4.21 Å². The first-order valence-corrected chi connectivity index (χ1v) is 7.67. The molecule has 1 N–H and O–H groups in total. The van der Waals surface area contributed by atoms with Gasteiger partial charge in [-0.3, -0.25) is 4.21 Å². The second-order valence-electron chi connectivity index (χ2n) is 4.37. The lowest BCUT2D eigenvalue weighted by molar-refractivity contribution is 0.401. The molecular weight excluding hydrogens is 230 g/mol. The van der Waals surface area contributed by atoms with Crippen LogP contribution in [0.1, 0.15) is 27.2 Å². The van der Waals surface area contributed by atoms with Crippen LogP contribution in [0, 0.1) is 5.92 Å². The van der Waals surface area contributed by atoms with Crippen molar-refractivity contribution in [2.45, 2.75) is 38.1 Å². The van der Waals surface area contributed by atoms with Crippen LogP contribution in [0.15, 0.2) is 35.2 Å². The Morgan fingerprint density at radius 2 is 1.88 bits per heavy atom. The average Bonchev–Trinajstić information content (AvgIpc) is 2.38. The molecule has 0 saturated carbocycles. The molecular formula is C14H23NOS. The van der Waals surface area contributed by atoms with Crippen molar-refractivity contribution in [3.05, 3.63) is 30.3 Å². The third kappa shape index (κ3) is 4.60.